The lowest BCUT2D eigenvalue weighted by molar-refractivity contribution is 0.109. The summed E-state index contributed by atoms with van der Waals surface area (Å²) in [6, 6.07) is 6.38. The highest BCUT2D eigenvalue weighted by Crippen LogP contribution is 2.21. The van der Waals surface area contributed by atoms with E-state index in [9.17, 15) is 0 Å². The minimum atomic E-state index is 0.258. The summed E-state index contributed by atoms with van der Waals surface area (Å²) in [5.74, 6) is 0. The van der Waals surface area contributed by atoms with Crippen molar-refractivity contribution >= 4 is 0 Å². The van der Waals surface area contributed by atoms with Crippen LogP contribution in [-0.4, -0.2) is 47.5 Å². The lowest BCUT2D eigenvalue weighted by Gasteiger charge is -2.38. The highest BCUT2D eigenvalue weighted by atomic mass is 15.3. The Bertz CT molecular complexity index is 382. The van der Waals surface area contributed by atoms with Gasteiger partial charge in [0.2, 0.25) is 0 Å². The molecule has 110 valence electrons. The molecule has 1 aromatic rings. The van der Waals surface area contributed by atoms with Gasteiger partial charge in [-0.1, -0.05) is 31.9 Å². The second-order valence-corrected chi connectivity index (χ2v) is 5.52. The normalized spacial score (nSPS) is 18.9. The van der Waals surface area contributed by atoms with Gasteiger partial charge in [0.1, 0.15) is 0 Å². The van der Waals surface area contributed by atoms with Gasteiger partial charge >= 0.3 is 0 Å². The predicted molar refractivity (Wildman–Crippen MR) is 84.7 cm³/mol. The van der Waals surface area contributed by atoms with Gasteiger partial charge in [0.05, 0.1) is 11.7 Å². The summed E-state index contributed by atoms with van der Waals surface area (Å²) in [6.45, 7) is 12.1. The molecule has 0 bridgehead atoms. The Balaban J connectivity index is 1.84. The number of pyridine rings is 1. The van der Waals surface area contributed by atoms with Crippen molar-refractivity contribution in [3.8, 4) is 0 Å². The lowest BCUT2D eigenvalue weighted by atomic mass is 10.1. The van der Waals surface area contributed by atoms with Gasteiger partial charge in [0.15, 0.2) is 0 Å². The van der Waals surface area contributed by atoms with Crippen molar-refractivity contribution in [3.63, 3.8) is 0 Å². The molecule has 3 nitrogen and oxygen atoms in total. The van der Waals surface area contributed by atoms with E-state index in [2.05, 4.69) is 40.4 Å². The molecule has 1 fully saturated rings. The van der Waals surface area contributed by atoms with Gasteiger partial charge in [0.25, 0.3) is 0 Å². The minimum absolute atomic E-state index is 0.258. The molecule has 1 atom stereocenters. The number of rotatable bonds is 7. The van der Waals surface area contributed by atoms with Gasteiger partial charge < -0.3 is 4.90 Å². The molecule has 2 heterocycles. The van der Waals surface area contributed by atoms with E-state index in [1.807, 2.05) is 18.3 Å². The maximum atomic E-state index is 4.48. The molecule has 2 rings (SSSR count). The molecule has 3 heteroatoms. The van der Waals surface area contributed by atoms with Crippen LogP contribution in [0.25, 0.3) is 0 Å². The van der Waals surface area contributed by atoms with Crippen LogP contribution in [0.4, 0.5) is 0 Å². The third kappa shape index (κ3) is 4.15. The molecule has 1 aliphatic heterocycles. The third-order valence-corrected chi connectivity index (χ3v) is 4.09. The fourth-order valence-corrected chi connectivity index (χ4v) is 2.86. The van der Waals surface area contributed by atoms with Crippen LogP contribution in [0.1, 0.15) is 37.9 Å². The third-order valence-electron chi connectivity index (χ3n) is 4.09. The summed E-state index contributed by atoms with van der Waals surface area (Å²) >= 11 is 0. The van der Waals surface area contributed by atoms with E-state index in [-0.39, 0.29) is 6.04 Å². The van der Waals surface area contributed by atoms with Gasteiger partial charge in [-0.25, -0.2) is 0 Å². The Hall–Kier alpha value is -1.19. The molecule has 0 radical (unpaired) electrons. The van der Waals surface area contributed by atoms with Gasteiger partial charge in [0, 0.05) is 32.4 Å². The van der Waals surface area contributed by atoms with E-state index in [4.69, 9.17) is 0 Å². The number of piperazine rings is 1. The highest BCUT2D eigenvalue weighted by molar-refractivity contribution is 5.14. The standard InChI is InChI=1S/C17H27N3/c1-3-5-8-11-19-12-14-20(15-13-19)17(4-2)16-9-6-7-10-18-16/h4,6-7,9-10,17H,2-3,5,8,11-15H2,1H3. The zero-order chi connectivity index (χ0) is 14.2. The molecule has 0 spiro atoms. The van der Waals surface area contributed by atoms with Crippen LogP contribution in [0.3, 0.4) is 0 Å². The monoisotopic (exact) mass is 273 g/mol. The van der Waals surface area contributed by atoms with E-state index in [0.29, 0.717) is 0 Å². The topological polar surface area (TPSA) is 19.4 Å². The van der Waals surface area contributed by atoms with E-state index < -0.39 is 0 Å². The Morgan fingerprint density at radius 2 is 2.05 bits per heavy atom. The van der Waals surface area contributed by atoms with Crippen molar-refractivity contribution in [1.82, 2.24) is 14.8 Å². The van der Waals surface area contributed by atoms with Crippen molar-refractivity contribution in [3.05, 3.63) is 42.7 Å². The molecular weight excluding hydrogens is 246 g/mol. The first-order valence-electron chi connectivity index (χ1n) is 7.85. The SMILES string of the molecule is C=CC(c1ccccn1)N1CCN(CCCCC)CC1. The Morgan fingerprint density at radius 1 is 1.25 bits per heavy atom. The Labute approximate surface area is 123 Å². The second kappa shape index (κ2) is 8.18. The minimum Gasteiger partial charge on any atom is -0.301 e. The van der Waals surface area contributed by atoms with Crippen LogP contribution in [0.15, 0.2) is 37.1 Å². The van der Waals surface area contributed by atoms with Crippen molar-refractivity contribution in [2.75, 3.05) is 32.7 Å². The first-order valence-corrected chi connectivity index (χ1v) is 7.85. The molecule has 1 aliphatic rings. The largest absolute Gasteiger partial charge is 0.301 e. The number of nitrogens with zero attached hydrogens (tertiary/aromatic N) is 3. The fourth-order valence-electron chi connectivity index (χ4n) is 2.86. The summed E-state index contributed by atoms with van der Waals surface area (Å²) in [6.07, 6.45) is 7.88. The Morgan fingerprint density at radius 3 is 2.65 bits per heavy atom. The maximum Gasteiger partial charge on any atom is 0.0704 e. The number of hydrogen-bond donors (Lipinski definition) is 0. The molecule has 0 N–H and O–H groups in total. The lowest BCUT2D eigenvalue weighted by Crippen LogP contribution is -2.47. The number of hydrogen-bond acceptors (Lipinski definition) is 3. The quantitative estimate of drug-likeness (QED) is 0.562. The van der Waals surface area contributed by atoms with E-state index in [0.717, 1.165) is 18.8 Å². The van der Waals surface area contributed by atoms with E-state index in [1.54, 1.807) is 0 Å². The zero-order valence-corrected chi connectivity index (χ0v) is 12.7. The van der Waals surface area contributed by atoms with Crippen LogP contribution in [0.2, 0.25) is 0 Å². The van der Waals surface area contributed by atoms with Crippen LogP contribution in [0, 0.1) is 0 Å². The molecule has 1 aromatic heterocycles. The first kappa shape index (κ1) is 15.2. The molecular formula is C17H27N3. The second-order valence-electron chi connectivity index (χ2n) is 5.52. The fraction of sp³-hybridized carbons (Fsp3) is 0.588. The predicted octanol–water partition coefficient (Wildman–Crippen LogP) is 3.12. The molecule has 0 saturated carbocycles. The smallest absolute Gasteiger partial charge is 0.0704 e. The van der Waals surface area contributed by atoms with Crippen LogP contribution in [0.5, 0.6) is 0 Å². The molecule has 0 aromatic carbocycles. The van der Waals surface area contributed by atoms with E-state index >= 15 is 0 Å². The average Bonchev–Trinajstić information content (AvgIpc) is 2.51. The van der Waals surface area contributed by atoms with Crippen molar-refractivity contribution in [2.45, 2.75) is 32.2 Å². The molecule has 0 aliphatic carbocycles. The summed E-state index contributed by atoms with van der Waals surface area (Å²) in [5.41, 5.74) is 1.11. The van der Waals surface area contributed by atoms with Crippen LogP contribution in [-0.2, 0) is 0 Å². The highest BCUT2D eigenvalue weighted by Gasteiger charge is 2.23. The van der Waals surface area contributed by atoms with E-state index in [1.165, 1.54) is 38.9 Å². The van der Waals surface area contributed by atoms with Crippen molar-refractivity contribution in [1.29, 1.82) is 0 Å². The van der Waals surface area contributed by atoms with Crippen LogP contribution < -0.4 is 0 Å². The zero-order valence-electron chi connectivity index (χ0n) is 12.7. The number of unbranched alkanes of at least 4 members (excludes halogenated alkanes) is 2. The first-order chi connectivity index (χ1) is 9.85. The summed E-state index contributed by atoms with van der Waals surface area (Å²) < 4.78 is 0. The van der Waals surface area contributed by atoms with Gasteiger partial charge in [-0.15, -0.1) is 6.58 Å². The summed E-state index contributed by atoms with van der Waals surface area (Å²) in [7, 11) is 0. The average molecular weight is 273 g/mol. The Kier molecular flexibility index (Phi) is 6.22. The number of aromatic nitrogens is 1. The van der Waals surface area contributed by atoms with Crippen LogP contribution >= 0.6 is 0 Å². The van der Waals surface area contributed by atoms with Gasteiger partial charge in [-0.2, -0.15) is 0 Å². The summed E-state index contributed by atoms with van der Waals surface area (Å²) in [5, 5.41) is 0. The summed E-state index contributed by atoms with van der Waals surface area (Å²) in [4.78, 5) is 9.56. The van der Waals surface area contributed by atoms with Crippen molar-refractivity contribution in [2.24, 2.45) is 0 Å². The van der Waals surface area contributed by atoms with Gasteiger partial charge in [-0.05, 0) is 25.1 Å². The molecule has 0 amide bonds. The van der Waals surface area contributed by atoms with Crippen molar-refractivity contribution < 1.29 is 0 Å². The molecule has 1 saturated heterocycles. The molecule has 20 heavy (non-hydrogen) atoms. The maximum absolute atomic E-state index is 4.48. The molecule has 1 unspecified atom stereocenters. The van der Waals surface area contributed by atoms with Gasteiger partial charge in [-0.3, -0.25) is 9.88 Å².